The van der Waals surface area contributed by atoms with Crippen molar-refractivity contribution in [3.8, 4) is 11.5 Å². The van der Waals surface area contributed by atoms with Crippen molar-refractivity contribution in [2.75, 3.05) is 19.7 Å². The number of nitrogens with zero attached hydrogens (tertiary/aromatic N) is 2. The molecule has 6 heteroatoms. The minimum absolute atomic E-state index is 0.0459. The maximum Gasteiger partial charge on any atom is 0.387 e. The van der Waals surface area contributed by atoms with Gasteiger partial charge in [-0.3, -0.25) is 9.89 Å². The third-order valence-corrected chi connectivity index (χ3v) is 4.75. The molecule has 2 aromatic carbocycles. The zero-order valence-corrected chi connectivity index (χ0v) is 16.1. The molecular formula is C22H26F2N2O2. The first-order valence-electron chi connectivity index (χ1n) is 9.65. The van der Waals surface area contributed by atoms with Crippen molar-refractivity contribution in [2.45, 2.75) is 39.0 Å². The second-order valence-electron chi connectivity index (χ2n) is 6.76. The van der Waals surface area contributed by atoms with Gasteiger partial charge in [-0.15, -0.1) is 0 Å². The molecule has 0 spiro atoms. The Kier molecular flexibility index (Phi) is 7.37. The van der Waals surface area contributed by atoms with Crippen LogP contribution in [0.3, 0.4) is 0 Å². The molecule has 4 nitrogen and oxygen atoms in total. The van der Waals surface area contributed by atoms with Crippen molar-refractivity contribution in [3.05, 3.63) is 59.7 Å². The molecule has 0 aliphatic carbocycles. The smallest absolute Gasteiger partial charge is 0.387 e. The molecule has 150 valence electrons. The molecule has 28 heavy (non-hydrogen) atoms. The van der Waals surface area contributed by atoms with Crippen LogP contribution in [0.15, 0.2) is 53.5 Å². The molecule has 1 aliphatic rings. The number of hydrogen-bond acceptors (Lipinski definition) is 4. The van der Waals surface area contributed by atoms with Crippen LogP contribution < -0.4 is 9.47 Å². The second kappa shape index (κ2) is 10.2. The lowest BCUT2D eigenvalue weighted by Crippen LogP contribution is -2.34. The predicted molar refractivity (Wildman–Crippen MR) is 107 cm³/mol. The van der Waals surface area contributed by atoms with E-state index in [0.717, 1.165) is 32.5 Å². The van der Waals surface area contributed by atoms with Gasteiger partial charge < -0.3 is 9.47 Å². The summed E-state index contributed by atoms with van der Waals surface area (Å²) >= 11 is 0. The van der Waals surface area contributed by atoms with Gasteiger partial charge in [0.05, 0.1) is 12.6 Å². The Morgan fingerprint density at radius 1 is 1.11 bits per heavy atom. The van der Waals surface area contributed by atoms with E-state index >= 15 is 0 Å². The molecule has 0 N–H and O–H groups in total. The SMILES string of the molecule is CCOc1cccc(C=NC2CCN(Cc3ccccc3)CC2)c1OC(F)F. The van der Waals surface area contributed by atoms with Crippen molar-refractivity contribution in [1.29, 1.82) is 0 Å². The molecule has 0 bridgehead atoms. The van der Waals surface area contributed by atoms with Gasteiger partial charge in [0.2, 0.25) is 0 Å². The van der Waals surface area contributed by atoms with Gasteiger partial charge in [0.1, 0.15) is 0 Å². The van der Waals surface area contributed by atoms with E-state index in [0.29, 0.717) is 17.9 Å². The van der Waals surface area contributed by atoms with Crippen molar-refractivity contribution in [2.24, 2.45) is 4.99 Å². The molecule has 1 fully saturated rings. The Morgan fingerprint density at radius 3 is 2.54 bits per heavy atom. The van der Waals surface area contributed by atoms with E-state index in [2.05, 4.69) is 34.2 Å². The summed E-state index contributed by atoms with van der Waals surface area (Å²) in [4.78, 5) is 7.05. The second-order valence-corrected chi connectivity index (χ2v) is 6.76. The number of benzene rings is 2. The number of hydrogen-bond donors (Lipinski definition) is 0. The van der Waals surface area contributed by atoms with E-state index in [4.69, 9.17) is 9.47 Å². The standard InChI is InChI=1S/C22H26F2N2O2/c1-2-27-20-10-6-9-18(21(20)28-22(23)24)15-25-19-11-13-26(14-12-19)16-17-7-4-3-5-8-17/h3-10,15,19,22H,2,11-14,16H2,1H3. The number of rotatable bonds is 8. The Hall–Kier alpha value is -2.47. The minimum atomic E-state index is -2.91. The number of likely N-dealkylation sites (tertiary alicyclic amines) is 1. The van der Waals surface area contributed by atoms with Crippen molar-refractivity contribution >= 4 is 6.21 Å². The normalized spacial score (nSPS) is 16.0. The fraction of sp³-hybridized carbons (Fsp3) is 0.409. The molecule has 3 rings (SSSR count). The largest absolute Gasteiger partial charge is 0.490 e. The summed E-state index contributed by atoms with van der Waals surface area (Å²) in [6.45, 7) is 2.15. The Bertz CT molecular complexity index is 760. The van der Waals surface area contributed by atoms with Gasteiger partial charge in [-0.2, -0.15) is 8.78 Å². The Balaban J connectivity index is 1.61. The van der Waals surface area contributed by atoms with Crippen LogP contribution in [0, 0.1) is 0 Å². The van der Waals surface area contributed by atoms with Crippen LogP contribution in [0.4, 0.5) is 8.78 Å². The summed E-state index contributed by atoms with van der Waals surface area (Å²) in [5, 5.41) is 0. The first-order chi connectivity index (χ1) is 13.7. The van der Waals surface area contributed by atoms with Gasteiger partial charge in [-0.25, -0.2) is 0 Å². The van der Waals surface area contributed by atoms with Gasteiger partial charge in [0, 0.05) is 31.4 Å². The highest BCUT2D eigenvalue weighted by atomic mass is 19.3. The molecule has 1 aliphatic heterocycles. The van der Waals surface area contributed by atoms with Gasteiger partial charge in [-0.1, -0.05) is 36.4 Å². The van der Waals surface area contributed by atoms with Crippen molar-refractivity contribution in [1.82, 2.24) is 4.90 Å². The zero-order valence-electron chi connectivity index (χ0n) is 16.1. The van der Waals surface area contributed by atoms with E-state index in [1.807, 2.05) is 6.07 Å². The lowest BCUT2D eigenvalue weighted by atomic mass is 10.0. The quantitative estimate of drug-likeness (QED) is 0.611. The summed E-state index contributed by atoms with van der Waals surface area (Å²) in [6.07, 6.45) is 3.52. The highest BCUT2D eigenvalue weighted by molar-refractivity contribution is 5.85. The van der Waals surface area contributed by atoms with Crippen LogP contribution in [0.2, 0.25) is 0 Å². The highest BCUT2D eigenvalue weighted by Gasteiger charge is 2.19. The first-order valence-corrected chi connectivity index (χ1v) is 9.65. The predicted octanol–water partition coefficient (Wildman–Crippen LogP) is 4.77. The van der Waals surface area contributed by atoms with E-state index in [-0.39, 0.29) is 11.8 Å². The molecule has 1 heterocycles. The highest BCUT2D eigenvalue weighted by Crippen LogP contribution is 2.32. The Morgan fingerprint density at radius 2 is 1.86 bits per heavy atom. The fourth-order valence-corrected chi connectivity index (χ4v) is 3.37. The summed E-state index contributed by atoms with van der Waals surface area (Å²) in [6, 6.07) is 15.7. The fourth-order valence-electron chi connectivity index (χ4n) is 3.37. The molecule has 0 radical (unpaired) electrons. The maximum atomic E-state index is 12.8. The van der Waals surface area contributed by atoms with Gasteiger partial charge in [-0.05, 0) is 37.5 Å². The summed E-state index contributed by atoms with van der Waals surface area (Å²) < 4.78 is 35.7. The van der Waals surface area contributed by atoms with Crippen LogP contribution in [0.25, 0.3) is 0 Å². The van der Waals surface area contributed by atoms with Crippen LogP contribution in [0.1, 0.15) is 30.9 Å². The zero-order chi connectivity index (χ0) is 19.8. The van der Waals surface area contributed by atoms with E-state index in [1.54, 1.807) is 31.3 Å². The molecule has 2 aromatic rings. The van der Waals surface area contributed by atoms with Crippen LogP contribution in [-0.2, 0) is 6.54 Å². The van der Waals surface area contributed by atoms with Crippen LogP contribution >= 0.6 is 0 Å². The van der Waals surface area contributed by atoms with E-state index < -0.39 is 6.61 Å². The maximum absolute atomic E-state index is 12.8. The topological polar surface area (TPSA) is 34.1 Å². The summed E-state index contributed by atoms with van der Waals surface area (Å²) in [7, 11) is 0. The van der Waals surface area contributed by atoms with Gasteiger partial charge >= 0.3 is 6.61 Å². The Labute approximate surface area is 164 Å². The molecule has 1 saturated heterocycles. The van der Waals surface area contributed by atoms with Crippen molar-refractivity contribution in [3.63, 3.8) is 0 Å². The summed E-state index contributed by atoms with van der Waals surface area (Å²) in [5.74, 6) is 0.356. The summed E-state index contributed by atoms with van der Waals surface area (Å²) in [5.41, 5.74) is 1.82. The van der Waals surface area contributed by atoms with Gasteiger partial charge in [0.15, 0.2) is 11.5 Å². The number of piperidine rings is 1. The third kappa shape index (κ3) is 5.76. The average Bonchev–Trinajstić information content (AvgIpc) is 2.70. The number of aliphatic imine (C=N–C) groups is 1. The van der Waals surface area contributed by atoms with Gasteiger partial charge in [0.25, 0.3) is 0 Å². The first kappa shape index (κ1) is 20.3. The molecule has 0 saturated carbocycles. The average molecular weight is 388 g/mol. The monoisotopic (exact) mass is 388 g/mol. The molecular weight excluding hydrogens is 362 g/mol. The molecule has 0 amide bonds. The lowest BCUT2D eigenvalue weighted by Gasteiger charge is -2.30. The van der Waals surface area contributed by atoms with E-state index in [9.17, 15) is 8.78 Å². The number of halogens is 2. The van der Waals surface area contributed by atoms with Crippen LogP contribution in [0.5, 0.6) is 11.5 Å². The third-order valence-electron chi connectivity index (χ3n) is 4.75. The lowest BCUT2D eigenvalue weighted by molar-refractivity contribution is -0.0515. The number of alkyl halides is 2. The van der Waals surface area contributed by atoms with Crippen molar-refractivity contribution < 1.29 is 18.3 Å². The molecule has 0 aromatic heterocycles. The minimum Gasteiger partial charge on any atom is -0.490 e. The molecule has 0 atom stereocenters. The molecule has 0 unspecified atom stereocenters. The number of para-hydroxylation sites is 1. The number of ether oxygens (including phenoxy) is 2. The van der Waals surface area contributed by atoms with E-state index in [1.165, 1.54) is 5.56 Å². The van der Waals surface area contributed by atoms with Crippen LogP contribution in [-0.4, -0.2) is 43.5 Å².